The SMILES string of the molecule is Cc1ccc(Cc2ccc(C(=O)Nc3ccccn3)o2)cc1. The lowest BCUT2D eigenvalue weighted by Gasteiger charge is -2.01. The smallest absolute Gasteiger partial charge is 0.292 e. The van der Waals surface area contributed by atoms with Gasteiger partial charge in [-0.2, -0.15) is 0 Å². The van der Waals surface area contributed by atoms with Gasteiger partial charge in [0.25, 0.3) is 5.91 Å². The number of nitrogens with zero attached hydrogens (tertiary/aromatic N) is 1. The summed E-state index contributed by atoms with van der Waals surface area (Å²) in [4.78, 5) is 16.1. The van der Waals surface area contributed by atoms with E-state index in [1.165, 1.54) is 5.56 Å². The first-order valence-electron chi connectivity index (χ1n) is 7.07. The van der Waals surface area contributed by atoms with Crippen LogP contribution in [-0.4, -0.2) is 10.9 Å². The van der Waals surface area contributed by atoms with Gasteiger partial charge in [0.15, 0.2) is 5.76 Å². The summed E-state index contributed by atoms with van der Waals surface area (Å²) >= 11 is 0. The Bertz CT molecular complexity index is 761. The van der Waals surface area contributed by atoms with E-state index >= 15 is 0 Å². The Hall–Kier alpha value is -2.88. The fourth-order valence-corrected chi connectivity index (χ4v) is 2.12. The molecular weight excluding hydrogens is 276 g/mol. The normalized spacial score (nSPS) is 10.4. The quantitative estimate of drug-likeness (QED) is 0.795. The number of rotatable bonds is 4. The minimum Gasteiger partial charge on any atom is -0.456 e. The number of nitrogens with one attached hydrogen (secondary N) is 1. The van der Waals surface area contributed by atoms with Gasteiger partial charge in [0.05, 0.1) is 0 Å². The van der Waals surface area contributed by atoms with Gasteiger partial charge in [0.1, 0.15) is 11.6 Å². The van der Waals surface area contributed by atoms with Crippen LogP contribution in [0, 0.1) is 6.92 Å². The number of aryl methyl sites for hydroxylation is 1. The monoisotopic (exact) mass is 292 g/mol. The molecule has 0 spiro atoms. The largest absolute Gasteiger partial charge is 0.456 e. The fourth-order valence-electron chi connectivity index (χ4n) is 2.12. The lowest BCUT2D eigenvalue weighted by molar-refractivity contribution is 0.0994. The van der Waals surface area contributed by atoms with Gasteiger partial charge >= 0.3 is 0 Å². The van der Waals surface area contributed by atoms with Crippen molar-refractivity contribution in [2.75, 3.05) is 5.32 Å². The molecule has 0 saturated carbocycles. The van der Waals surface area contributed by atoms with Crippen LogP contribution in [0.5, 0.6) is 0 Å². The lowest BCUT2D eigenvalue weighted by Crippen LogP contribution is -2.11. The summed E-state index contributed by atoms with van der Waals surface area (Å²) in [6.45, 7) is 2.05. The molecule has 0 aliphatic carbocycles. The number of amides is 1. The van der Waals surface area contributed by atoms with Crippen molar-refractivity contribution in [2.24, 2.45) is 0 Å². The van der Waals surface area contributed by atoms with E-state index in [9.17, 15) is 4.79 Å². The van der Waals surface area contributed by atoms with E-state index in [2.05, 4.69) is 41.5 Å². The van der Waals surface area contributed by atoms with Crippen molar-refractivity contribution in [1.82, 2.24) is 4.98 Å². The summed E-state index contributed by atoms with van der Waals surface area (Å²) in [5.74, 6) is 1.25. The average Bonchev–Trinajstić information content (AvgIpc) is 2.99. The van der Waals surface area contributed by atoms with Crippen LogP contribution < -0.4 is 5.32 Å². The summed E-state index contributed by atoms with van der Waals surface area (Å²) in [5, 5.41) is 2.70. The molecule has 4 heteroatoms. The molecule has 0 radical (unpaired) electrons. The van der Waals surface area contributed by atoms with E-state index in [1.807, 2.05) is 12.1 Å². The van der Waals surface area contributed by atoms with E-state index in [0.717, 1.165) is 11.3 Å². The summed E-state index contributed by atoms with van der Waals surface area (Å²) < 4.78 is 5.61. The van der Waals surface area contributed by atoms with E-state index in [1.54, 1.807) is 24.4 Å². The third-order valence-corrected chi connectivity index (χ3v) is 3.29. The Morgan fingerprint density at radius 1 is 1.09 bits per heavy atom. The van der Waals surface area contributed by atoms with Gasteiger partial charge in [-0.25, -0.2) is 4.98 Å². The van der Waals surface area contributed by atoms with E-state index in [0.29, 0.717) is 12.2 Å². The molecule has 1 N–H and O–H groups in total. The number of aromatic nitrogens is 1. The Morgan fingerprint density at radius 3 is 2.64 bits per heavy atom. The Morgan fingerprint density at radius 2 is 1.91 bits per heavy atom. The molecule has 1 aromatic carbocycles. The number of hydrogen-bond donors (Lipinski definition) is 1. The van der Waals surface area contributed by atoms with Gasteiger partial charge in [0.2, 0.25) is 0 Å². The van der Waals surface area contributed by atoms with Crippen LogP contribution >= 0.6 is 0 Å². The Labute approximate surface area is 128 Å². The fraction of sp³-hybridized carbons (Fsp3) is 0.111. The van der Waals surface area contributed by atoms with Gasteiger partial charge in [-0.15, -0.1) is 0 Å². The first-order valence-corrected chi connectivity index (χ1v) is 7.07. The predicted octanol–water partition coefficient (Wildman–Crippen LogP) is 3.83. The second-order valence-corrected chi connectivity index (χ2v) is 5.10. The van der Waals surface area contributed by atoms with Gasteiger partial charge in [0, 0.05) is 12.6 Å². The number of benzene rings is 1. The van der Waals surface area contributed by atoms with Gasteiger partial charge in [-0.05, 0) is 36.8 Å². The molecule has 2 heterocycles. The highest BCUT2D eigenvalue weighted by Gasteiger charge is 2.12. The topological polar surface area (TPSA) is 55.1 Å². The molecule has 3 rings (SSSR count). The number of carbonyl (C=O) groups excluding carboxylic acids is 1. The van der Waals surface area contributed by atoms with Crippen molar-refractivity contribution >= 4 is 11.7 Å². The predicted molar refractivity (Wildman–Crippen MR) is 84.9 cm³/mol. The second kappa shape index (κ2) is 6.26. The molecular formula is C18H16N2O2. The number of furan rings is 1. The third kappa shape index (κ3) is 3.41. The van der Waals surface area contributed by atoms with Crippen LogP contribution in [0.4, 0.5) is 5.82 Å². The molecule has 4 nitrogen and oxygen atoms in total. The Kier molecular flexibility index (Phi) is 4.01. The first kappa shape index (κ1) is 14.1. The molecule has 0 aliphatic heterocycles. The Balaban J connectivity index is 1.68. The number of carbonyl (C=O) groups is 1. The van der Waals surface area contributed by atoms with Crippen LogP contribution in [-0.2, 0) is 6.42 Å². The summed E-state index contributed by atoms with van der Waals surface area (Å²) in [5.41, 5.74) is 2.37. The van der Waals surface area contributed by atoms with Crippen molar-refractivity contribution in [1.29, 1.82) is 0 Å². The molecule has 1 amide bonds. The van der Waals surface area contributed by atoms with Gasteiger partial charge in [-0.1, -0.05) is 35.9 Å². The summed E-state index contributed by atoms with van der Waals surface area (Å²) in [6.07, 6.45) is 2.29. The summed E-state index contributed by atoms with van der Waals surface area (Å²) in [6, 6.07) is 17.1. The van der Waals surface area contributed by atoms with Crippen LogP contribution in [0.15, 0.2) is 65.2 Å². The summed E-state index contributed by atoms with van der Waals surface area (Å²) in [7, 11) is 0. The minimum absolute atomic E-state index is 0.285. The molecule has 0 saturated heterocycles. The zero-order valence-electron chi connectivity index (χ0n) is 12.2. The maximum absolute atomic E-state index is 12.1. The number of anilines is 1. The molecule has 0 aliphatic rings. The van der Waals surface area contributed by atoms with Crippen molar-refractivity contribution in [2.45, 2.75) is 13.3 Å². The molecule has 110 valence electrons. The highest BCUT2D eigenvalue weighted by molar-refractivity contribution is 6.01. The molecule has 0 atom stereocenters. The van der Waals surface area contributed by atoms with E-state index < -0.39 is 0 Å². The van der Waals surface area contributed by atoms with E-state index in [4.69, 9.17) is 4.42 Å². The highest BCUT2D eigenvalue weighted by Crippen LogP contribution is 2.15. The van der Waals surface area contributed by atoms with Crippen LogP contribution in [0.2, 0.25) is 0 Å². The zero-order chi connectivity index (χ0) is 15.4. The molecule has 0 unspecified atom stereocenters. The van der Waals surface area contributed by atoms with Crippen molar-refractivity contribution in [3.63, 3.8) is 0 Å². The molecule has 0 fully saturated rings. The highest BCUT2D eigenvalue weighted by atomic mass is 16.3. The van der Waals surface area contributed by atoms with E-state index in [-0.39, 0.29) is 11.7 Å². The maximum atomic E-state index is 12.1. The molecule has 22 heavy (non-hydrogen) atoms. The first-order chi connectivity index (χ1) is 10.7. The van der Waals surface area contributed by atoms with Gasteiger partial charge < -0.3 is 9.73 Å². The third-order valence-electron chi connectivity index (χ3n) is 3.29. The van der Waals surface area contributed by atoms with Crippen LogP contribution in [0.1, 0.15) is 27.4 Å². The maximum Gasteiger partial charge on any atom is 0.292 e. The number of pyridine rings is 1. The number of hydrogen-bond acceptors (Lipinski definition) is 3. The van der Waals surface area contributed by atoms with Gasteiger partial charge in [-0.3, -0.25) is 4.79 Å². The van der Waals surface area contributed by atoms with Crippen molar-refractivity contribution < 1.29 is 9.21 Å². The molecule has 2 aromatic heterocycles. The lowest BCUT2D eigenvalue weighted by atomic mass is 10.1. The minimum atomic E-state index is -0.297. The van der Waals surface area contributed by atoms with Crippen molar-refractivity contribution in [3.8, 4) is 0 Å². The average molecular weight is 292 g/mol. The van der Waals surface area contributed by atoms with Crippen LogP contribution in [0.3, 0.4) is 0 Å². The second-order valence-electron chi connectivity index (χ2n) is 5.10. The molecule has 0 bridgehead atoms. The molecule has 3 aromatic rings. The van der Waals surface area contributed by atoms with Crippen molar-refractivity contribution in [3.05, 3.63) is 83.4 Å². The standard InChI is InChI=1S/C18H16N2O2/c1-13-5-7-14(8-6-13)12-15-9-10-16(22-15)18(21)20-17-4-2-3-11-19-17/h2-11H,12H2,1H3,(H,19,20,21). The zero-order valence-corrected chi connectivity index (χ0v) is 12.2. The van der Waals surface area contributed by atoms with Crippen LogP contribution in [0.25, 0.3) is 0 Å².